The summed E-state index contributed by atoms with van der Waals surface area (Å²) in [5, 5.41) is 3.04. The molecule has 0 saturated heterocycles. The molecule has 1 amide bonds. The Morgan fingerprint density at radius 1 is 1.25 bits per heavy atom. The van der Waals surface area contributed by atoms with E-state index in [1.165, 1.54) is 25.7 Å². The van der Waals surface area contributed by atoms with Gasteiger partial charge in [-0.15, -0.1) is 12.4 Å². The number of nitrogens with one attached hydrogen (secondary N) is 1. The maximum Gasteiger partial charge on any atom is 0.228 e. The lowest BCUT2D eigenvalue weighted by Gasteiger charge is -2.16. The second-order valence-electron chi connectivity index (χ2n) is 5.43. The number of rotatable bonds is 6. The van der Waals surface area contributed by atoms with Crippen LogP contribution in [0.15, 0.2) is 30.3 Å². The molecule has 1 fully saturated rings. The molecule has 3 N–H and O–H groups in total. The molecule has 0 heterocycles. The largest absolute Gasteiger partial charge is 0.356 e. The highest BCUT2D eigenvalue weighted by atomic mass is 35.5. The maximum atomic E-state index is 12.2. The van der Waals surface area contributed by atoms with Crippen LogP contribution in [0.25, 0.3) is 0 Å². The normalized spacial score (nSPS) is 16.4. The van der Waals surface area contributed by atoms with Crippen molar-refractivity contribution in [2.45, 2.75) is 38.0 Å². The molecular weight excluding hydrogens is 272 g/mol. The number of nitrogens with two attached hydrogens (primary N) is 1. The first kappa shape index (κ1) is 17.0. The van der Waals surface area contributed by atoms with Gasteiger partial charge in [-0.1, -0.05) is 56.0 Å². The molecule has 1 aromatic rings. The molecule has 0 radical (unpaired) electrons. The Labute approximate surface area is 127 Å². The van der Waals surface area contributed by atoms with Crippen LogP contribution in [0.5, 0.6) is 0 Å². The van der Waals surface area contributed by atoms with Crippen molar-refractivity contribution >= 4 is 18.3 Å². The summed E-state index contributed by atoms with van der Waals surface area (Å²) >= 11 is 0. The number of hydrogen-bond acceptors (Lipinski definition) is 2. The van der Waals surface area contributed by atoms with Crippen molar-refractivity contribution < 1.29 is 4.79 Å². The third-order valence-corrected chi connectivity index (χ3v) is 4.08. The van der Waals surface area contributed by atoms with Crippen LogP contribution in [-0.2, 0) is 4.79 Å². The molecule has 1 atom stereocenters. The monoisotopic (exact) mass is 296 g/mol. The van der Waals surface area contributed by atoms with Gasteiger partial charge in [0.1, 0.15) is 0 Å². The van der Waals surface area contributed by atoms with Crippen LogP contribution in [-0.4, -0.2) is 19.0 Å². The Morgan fingerprint density at radius 3 is 2.50 bits per heavy atom. The maximum absolute atomic E-state index is 12.2. The lowest BCUT2D eigenvalue weighted by Crippen LogP contribution is -2.34. The standard InChI is InChI=1S/C16H24N2O.ClH/c17-12-15(14-8-2-1-3-9-14)16(19)18-11-10-13-6-4-5-7-13;/h1-3,8-9,13,15H,4-7,10-12,17H2,(H,18,19);1H. The molecule has 0 spiro atoms. The molecule has 1 aromatic carbocycles. The van der Waals surface area contributed by atoms with Crippen LogP contribution >= 0.6 is 12.4 Å². The average molecular weight is 297 g/mol. The smallest absolute Gasteiger partial charge is 0.228 e. The Hall–Kier alpha value is -1.06. The predicted molar refractivity (Wildman–Crippen MR) is 85.1 cm³/mol. The van der Waals surface area contributed by atoms with Gasteiger partial charge in [-0.2, -0.15) is 0 Å². The molecule has 1 aliphatic rings. The molecule has 1 saturated carbocycles. The third-order valence-electron chi connectivity index (χ3n) is 4.08. The van der Waals surface area contributed by atoms with Crippen molar-refractivity contribution in [1.29, 1.82) is 0 Å². The van der Waals surface area contributed by atoms with Crippen LogP contribution in [0.1, 0.15) is 43.6 Å². The van der Waals surface area contributed by atoms with E-state index >= 15 is 0 Å². The Morgan fingerprint density at radius 2 is 1.90 bits per heavy atom. The molecule has 4 heteroatoms. The molecular formula is C16H25ClN2O. The fourth-order valence-corrected chi connectivity index (χ4v) is 2.90. The number of benzene rings is 1. The highest BCUT2D eigenvalue weighted by Crippen LogP contribution is 2.27. The average Bonchev–Trinajstić information content (AvgIpc) is 2.94. The lowest BCUT2D eigenvalue weighted by molar-refractivity contribution is -0.122. The topological polar surface area (TPSA) is 55.1 Å². The van der Waals surface area contributed by atoms with Crippen molar-refractivity contribution in [2.75, 3.05) is 13.1 Å². The van der Waals surface area contributed by atoms with E-state index in [1.54, 1.807) is 0 Å². The summed E-state index contributed by atoms with van der Waals surface area (Å²) in [5.41, 5.74) is 6.74. The van der Waals surface area contributed by atoms with Crippen molar-refractivity contribution in [3.05, 3.63) is 35.9 Å². The minimum absolute atomic E-state index is 0. The molecule has 1 unspecified atom stereocenters. The second kappa shape index (κ2) is 8.98. The quantitative estimate of drug-likeness (QED) is 0.848. The van der Waals surface area contributed by atoms with Gasteiger partial charge in [0.15, 0.2) is 0 Å². The number of carbonyl (C=O) groups excluding carboxylic acids is 1. The van der Waals surface area contributed by atoms with Crippen molar-refractivity contribution in [3.63, 3.8) is 0 Å². The van der Waals surface area contributed by atoms with Crippen LogP contribution in [0, 0.1) is 5.92 Å². The van der Waals surface area contributed by atoms with Gasteiger partial charge >= 0.3 is 0 Å². The zero-order chi connectivity index (χ0) is 13.5. The summed E-state index contributed by atoms with van der Waals surface area (Å²) in [6, 6.07) is 9.78. The van der Waals surface area contributed by atoms with Gasteiger partial charge in [-0.25, -0.2) is 0 Å². The first-order chi connectivity index (χ1) is 9.31. The van der Waals surface area contributed by atoms with Crippen LogP contribution in [0.3, 0.4) is 0 Å². The van der Waals surface area contributed by atoms with Gasteiger partial charge in [0.25, 0.3) is 0 Å². The van der Waals surface area contributed by atoms with Gasteiger partial charge in [0.05, 0.1) is 5.92 Å². The number of hydrogen-bond donors (Lipinski definition) is 2. The summed E-state index contributed by atoms with van der Waals surface area (Å²) in [5.74, 6) is 0.657. The van der Waals surface area contributed by atoms with E-state index < -0.39 is 0 Å². The summed E-state index contributed by atoms with van der Waals surface area (Å²) in [4.78, 5) is 12.2. The van der Waals surface area contributed by atoms with E-state index in [0.717, 1.165) is 24.4 Å². The molecule has 112 valence electrons. The van der Waals surface area contributed by atoms with Gasteiger partial charge in [-0.3, -0.25) is 4.79 Å². The first-order valence-corrected chi connectivity index (χ1v) is 7.34. The van der Waals surface area contributed by atoms with Crippen molar-refractivity contribution in [2.24, 2.45) is 11.7 Å². The zero-order valence-electron chi connectivity index (χ0n) is 11.9. The minimum atomic E-state index is -0.218. The third kappa shape index (κ3) is 4.80. The van der Waals surface area contributed by atoms with E-state index in [0.29, 0.717) is 6.54 Å². The Balaban J connectivity index is 0.00000200. The van der Waals surface area contributed by atoms with Crippen LogP contribution in [0.4, 0.5) is 0 Å². The number of carbonyl (C=O) groups is 1. The van der Waals surface area contributed by atoms with Gasteiger partial charge < -0.3 is 11.1 Å². The minimum Gasteiger partial charge on any atom is -0.356 e. The highest BCUT2D eigenvalue weighted by Gasteiger charge is 2.19. The van der Waals surface area contributed by atoms with Crippen molar-refractivity contribution in [1.82, 2.24) is 5.32 Å². The fourth-order valence-electron chi connectivity index (χ4n) is 2.90. The summed E-state index contributed by atoms with van der Waals surface area (Å²) < 4.78 is 0. The first-order valence-electron chi connectivity index (χ1n) is 7.34. The molecule has 3 nitrogen and oxygen atoms in total. The Bertz CT molecular complexity index is 391. The second-order valence-corrected chi connectivity index (χ2v) is 5.43. The lowest BCUT2D eigenvalue weighted by atomic mass is 9.98. The van der Waals surface area contributed by atoms with Crippen LogP contribution < -0.4 is 11.1 Å². The molecule has 0 bridgehead atoms. The summed E-state index contributed by atoms with van der Waals surface area (Å²) in [6.45, 7) is 1.14. The van der Waals surface area contributed by atoms with Crippen LogP contribution in [0.2, 0.25) is 0 Å². The fraction of sp³-hybridized carbons (Fsp3) is 0.562. The molecule has 0 aromatic heterocycles. The molecule has 20 heavy (non-hydrogen) atoms. The predicted octanol–water partition coefficient (Wildman–Crippen LogP) is 2.85. The van der Waals surface area contributed by atoms with E-state index in [9.17, 15) is 4.79 Å². The van der Waals surface area contributed by atoms with Gasteiger partial charge in [0, 0.05) is 13.1 Å². The number of halogens is 1. The SMILES string of the molecule is Cl.NCC(C(=O)NCCC1CCCC1)c1ccccc1. The zero-order valence-corrected chi connectivity index (χ0v) is 12.7. The van der Waals surface area contributed by atoms with E-state index in [2.05, 4.69) is 5.32 Å². The van der Waals surface area contributed by atoms with Crippen molar-refractivity contribution in [3.8, 4) is 0 Å². The summed E-state index contributed by atoms with van der Waals surface area (Å²) in [6.07, 6.45) is 6.48. The van der Waals surface area contributed by atoms with Gasteiger partial charge in [-0.05, 0) is 17.9 Å². The van der Waals surface area contributed by atoms with E-state index in [-0.39, 0.29) is 24.2 Å². The number of amides is 1. The Kier molecular flexibility index (Phi) is 7.63. The molecule has 1 aliphatic carbocycles. The summed E-state index contributed by atoms with van der Waals surface area (Å²) in [7, 11) is 0. The van der Waals surface area contributed by atoms with E-state index in [1.807, 2.05) is 30.3 Å². The molecule has 2 rings (SSSR count). The molecule has 0 aliphatic heterocycles. The van der Waals surface area contributed by atoms with Gasteiger partial charge in [0.2, 0.25) is 5.91 Å². The highest BCUT2D eigenvalue weighted by molar-refractivity contribution is 5.85. The van der Waals surface area contributed by atoms with E-state index in [4.69, 9.17) is 5.73 Å².